The molecule has 1 aromatic rings. The average Bonchev–Trinajstić information content (AvgIpc) is 2.96. The van der Waals surface area contributed by atoms with Gasteiger partial charge in [0.25, 0.3) is 0 Å². The van der Waals surface area contributed by atoms with Gasteiger partial charge in [0.05, 0.1) is 6.54 Å². The van der Waals surface area contributed by atoms with E-state index in [1.165, 1.54) is 12.8 Å². The molecule has 0 radical (unpaired) electrons. The number of hydrogen-bond acceptors (Lipinski definition) is 2. The minimum absolute atomic E-state index is 0.0180. The van der Waals surface area contributed by atoms with Crippen molar-refractivity contribution < 1.29 is 4.79 Å². The Morgan fingerprint density at radius 1 is 1.44 bits per heavy atom. The molecule has 0 aliphatic heterocycles. The fourth-order valence-electron chi connectivity index (χ4n) is 1.54. The average molecular weight is 283 g/mol. The predicted octanol–water partition coefficient (Wildman–Crippen LogP) is 2.45. The highest BCUT2D eigenvalue weighted by atomic mass is 79.9. The van der Waals surface area contributed by atoms with Crippen molar-refractivity contribution in [3.8, 4) is 0 Å². The first kappa shape index (κ1) is 11.6. The standard InChI is InChI=1S/C12H15BrN2O/c1-8-4-9(13)6-11(5-8)15-12(16)7-14-10-2-3-10/h4-6,10,14H,2-3,7H2,1H3,(H,15,16). The molecule has 0 saturated heterocycles. The molecule has 1 aliphatic carbocycles. The highest BCUT2D eigenvalue weighted by molar-refractivity contribution is 9.10. The van der Waals surface area contributed by atoms with Gasteiger partial charge < -0.3 is 10.6 Å². The lowest BCUT2D eigenvalue weighted by molar-refractivity contribution is -0.115. The molecule has 3 nitrogen and oxygen atoms in total. The van der Waals surface area contributed by atoms with Crippen molar-refractivity contribution in [2.75, 3.05) is 11.9 Å². The van der Waals surface area contributed by atoms with Crippen molar-refractivity contribution in [2.24, 2.45) is 0 Å². The molecule has 0 spiro atoms. The first-order valence-electron chi connectivity index (χ1n) is 5.44. The molecular formula is C12H15BrN2O. The van der Waals surface area contributed by atoms with E-state index in [2.05, 4.69) is 26.6 Å². The van der Waals surface area contributed by atoms with E-state index in [0.717, 1.165) is 15.7 Å². The summed E-state index contributed by atoms with van der Waals surface area (Å²) < 4.78 is 0.984. The van der Waals surface area contributed by atoms with Crippen LogP contribution in [-0.2, 0) is 4.79 Å². The van der Waals surface area contributed by atoms with Crippen molar-refractivity contribution in [3.63, 3.8) is 0 Å². The zero-order valence-corrected chi connectivity index (χ0v) is 10.8. The molecule has 1 amide bonds. The highest BCUT2D eigenvalue weighted by Gasteiger charge is 2.21. The maximum Gasteiger partial charge on any atom is 0.238 e. The molecule has 86 valence electrons. The summed E-state index contributed by atoms with van der Waals surface area (Å²) in [5.41, 5.74) is 1.97. The van der Waals surface area contributed by atoms with Crippen LogP contribution in [0.25, 0.3) is 0 Å². The minimum Gasteiger partial charge on any atom is -0.325 e. The van der Waals surface area contributed by atoms with Gasteiger partial charge in [0.2, 0.25) is 5.91 Å². The Morgan fingerprint density at radius 2 is 2.19 bits per heavy atom. The van der Waals surface area contributed by atoms with E-state index in [9.17, 15) is 4.79 Å². The topological polar surface area (TPSA) is 41.1 Å². The Morgan fingerprint density at radius 3 is 2.81 bits per heavy atom. The molecule has 1 aliphatic rings. The number of halogens is 1. The maximum atomic E-state index is 11.6. The molecule has 0 aromatic heterocycles. The summed E-state index contributed by atoms with van der Waals surface area (Å²) in [5, 5.41) is 6.06. The molecule has 0 heterocycles. The third-order valence-corrected chi connectivity index (χ3v) is 2.91. The summed E-state index contributed by atoms with van der Waals surface area (Å²) in [6, 6.07) is 6.44. The number of carbonyl (C=O) groups excluding carboxylic acids is 1. The molecule has 1 saturated carbocycles. The van der Waals surface area contributed by atoms with Crippen molar-refractivity contribution in [2.45, 2.75) is 25.8 Å². The Kier molecular flexibility index (Phi) is 3.61. The van der Waals surface area contributed by atoms with Crippen LogP contribution < -0.4 is 10.6 Å². The number of hydrogen-bond donors (Lipinski definition) is 2. The highest BCUT2D eigenvalue weighted by Crippen LogP contribution is 2.20. The Balaban J connectivity index is 1.88. The van der Waals surface area contributed by atoms with E-state index < -0.39 is 0 Å². The maximum absolute atomic E-state index is 11.6. The smallest absolute Gasteiger partial charge is 0.238 e. The zero-order valence-electron chi connectivity index (χ0n) is 9.22. The van der Waals surface area contributed by atoms with Crippen LogP contribution in [0.4, 0.5) is 5.69 Å². The minimum atomic E-state index is 0.0180. The van der Waals surface area contributed by atoms with Crippen molar-refractivity contribution in [1.29, 1.82) is 0 Å². The second-order valence-electron chi connectivity index (χ2n) is 4.22. The van der Waals surface area contributed by atoms with Crippen LogP contribution >= 0.6 is 15.9 Å². The third kappa shape index (κ3) is 3.61. The van der Waals surface area contributed by atoms with Gasteiger partial charge in [-0.3, -0.25) is 4.79 Å². The van der Waals surface area contributed by atoms with Gasteiger partial charge in [-0.05, 0) is 43.5 Å². The van der Waals surface area contributed by atoms with Gasteiger partial charge in [0, 0.05) is 16.2 Å². The van der Waals surface area contributed by atoms with Gasteiger partial charge in [-0.2, -0.15) is 0 Å². The summed E-state index contributed by atoms with van der Waals surface area (Å²) in [6.07, 6.45) is 2.40. The van der Waals surface area contributed by atoms with E-state index >= 15 is 0 Å². The van der Waals surface area contributed by atoms with Crippen molar-refractivity contribution in [3.05, 3.63) is 28.2 Å². The number of benzene rings is 1. The van der Waals surface area contributed by atoms with Gasteiger partial charge in [-0.15, -0.1) is 0 Å². The van der Waals surface area contributed by atoms with Gasteiger partial charge in [-0.25, -0.2) is 0 Å². The third-order valence-electron chi connectivity index (χ3n) is 2.45. The molecule has 0 unspecified atom stereocenters. The van der Waals surface area contributed by atoms with Crippen LogP contribution in [0, 0.1) is 6.92 Å². The Hall–Kier alpha value is -0.870. The molecule has 1 fully saturated rings. The van der Waals surface area contributed by atoms with Crippen molar-refractivity contribution in [1.82, 2.24) is 5.32 Å². The molecular weight excluding hydrogens is 268 g/mol. The number of nitrogens with one attached hydrogen (secondary N) is 2. The Bertz CT molecular complexity index is 382. The van der Waals surface area contributed by atoms with Crippen LogP contribution in [0.15, 0.2) is 22.7 Å². The number of carbonyl (C=O) groups is 1. The second-order valence-corrected chi connectivity index (χ2v) is 5.14. The molecule has 4 heteroatoms. The molecule has 2 N–H and O–H groups in total. The first-order chi connectivity index (χ1) is 7.63. The second kappa shape index (κ2) is 4.97. The quantitative estimate of drug-likeness (QED) is 0.891. The van der Waals surface area contributed by atoms with Gasteiger partial charge in [0.1, 0.15) is 0 Å². The largest absolute Gasteiger partial charge is 0.325 e. The van der Waals surface area contributed by atoms with Crippen LogP contribution in [0.3, 0.4) is 0 Å². The van der Waals surface area contributed by atoms with E-state index in [1.54, 1.807) is 0 Å². The lowest BCUT2D eigenvalue weighted by Crippen LogP contribution is -2.29. The first-order valence-corrected chi connectivity index (χ1v) is 6.23. The van der Waals surface area contributed by atoms with E-state index in [1.807, 2.05) is 25.1 Å². The van der Waals surface area contributed by atoms with Crippen LogP contribution in [0.5, 0.6) is 0 Å². The van der Waals surface area contributed by atoms with Crippen molar-refractivity contribution >= 4 is 27.5 Å². The number of amides is 1. The van der Waals surface area contributed by atoms with Crippen LogP contribution in [0.1, 0.15) is 18.4 Å². The summed E-state index contributed by atoms with van der Waals surface area (Å²) in [6.45, 7) is 2.40. The fraction of sp³-hybridized carbons (Fsp3) is 0.417. The number of anilines is 1. The number of rotatable bonds is 4. The predicted molar refractivity (Wildman–Crippen MR) is 68.5 cm³/mol. The monoisotopic (exact) mass is 282 g/mol. The summed E-state index contributed by atoms with van der Waals surface area (Å²) in [5.74, 6) is 0.0180. The number of aryl methyl sites for hydroxylation is 1. The summed E-state index contributed by atoms with van der Waals surface area (Å²) >= 11 is 3.41. The molecule has 16 heavy (non-hydrogen) atoms. The molecule has 1 aromatic carbocycles. The van der Waals surface area contributed by atoms with Crippen LogP contribution in [0.2, 0.25) is 0 Å². The zero-order chi connectivity index (χ0) is 11.5. The van der Waals surface area contributed by atoms with Gasteiger partial charge >= 0.3 is 0 Å². The fourth-order valence-corrected chi connectivity index (χ4v) is 2.15. The van der Waals surface area contributed by atoms with E-state index in [4.69, 9.17) is 0 Å². The molecule has 0 bridgehead atoms. The summed E-state index contributed by atoms with van der Waals surface area (Å²) in [4.78, 5) is 11.6. The van der Waals surface area contributed by atoms with Gasteiger partial charge in [-0.1, -0.05) is 15.9 Å². The lowest BCUT2D eigenvalue weighted by atomic mass is 10.2. The van der Waals surface area contributed by atoms with E-state index in [-0.39, 0.29) is 5.91 Å². The normalized spacial score (nSPS) is 14.9. The van der Waals surface area contributed by atoms with E-state index in [0.29, 0.717) is 12.6 Å². The molecule has 2 rings (SSSR count). The molecule has 0 atom stereocenters. The summed E-state index contributed by atoms with van der Waals surface area (Å²) in [7, 11) is 0. The van der Waals surface area contributed by atoms with Crippen LogP contribution in [-0.4, -0.2) is 18.5 Å². The Labute approximate surface area is 104 Å². The van der Waals surface area contributed by atoms with Gasteiger partial charge in [0.15, 0.2) is 0 Å². The SMILES string of the molecule is Cc1cc(Br)cc(NC(=O)CNC2CC2)c1. The lowest BCUT2D eigenvalue weighted by Gasteiger charge is -2.07.